The van der Waals surface area contributed by atoms with E-state index in [-0.39, 0.29) is 14.6 Å². The van der Waals surface area contributed by atoms with Crippen molar-refractivity contribution in [3.63, 3.8) is 0 Å². The molecule has 0 aliphatic heterocycles. The molecule has 1 aromatic carbocycles. The lowest BCUT2D eigenvalue weighted by molar-refractivity contribution is 0.267. The second-order valence-corrected chi connectivity index (χ2v) is 5.66. The van der Waals surface area contributed by atoms with Crippen molar-refractivity contribution >= 4 is 27.7 Å². The standard InChI is InChI=1S/C12H16N6O4S/c1-17(7-8-22-23(19,20)21)11-5-3-10(4-6-11)14-16-12-15-13-9-18(12)2/h3-6,9H,7-8H2,1-2H3,(H,19,20,21). The SMILES string of the molecule is CN(CCOS(=O)(=O)[O-])c1ccc(N=Nc2nncn2C)cc1.[H+]. The Morgan fingerprint density at radius 1 is 1.35 bits per heavy atom. The molecule has 124 valence electrons. The van der Waals surface area contributed by atoms with Crippen LogP contribution in [0.25, 0.3) is 0 Å². The van der Waals surface area contributed by atoms with Crippen molar-refractivity contribution in [2.24, 2.45) is 17.3 Å². The van der Waals surface area contributed by atoms with Gasteiger partial charge < -0.3 is 14.0 Å². The van der Waals surface area contributed by atoms with Crippen molar-refractivity contribution in [2.75, 3.05) is 25.1 Å². The number of anilines is 1. The smallest absolute Gasteiger partial charge is 0.726 e. The fourth-order valence-electron chi connectivity index (χ4n) is 1.65. The van der Waals surface area contributed by atoms with Crippen LogP contribution in [0.1, 0.15) is 1.43 Å². The molecule has 10 nitrogen and oxygen atoms in total. The molecule has 0 radical (unpaired) electrons. The maximum atomic E-state index is 10.4. The lowest BCUT2D eigenvalue weighted by atomic mass is 10.2. The Balaban J connectivity index is 0.00000288. The van der Waals surface area contributed by atoms with Gasteiger partial charge in [0.15, 0.2) is 0 Å². The highest BCUT2D eigenvalue weighted by Crippen LogP contribution is 2.20. The number of aryl methyl sites for hydroxylation is 1. The summed E-state index contributed by atoms with van der Waals surface area (Å²) in [5.41, 5.74) is 1.44. The van der Waals surface area contributed by atoms with Gasteiger partial charge in [-0.15, -0.1) is 20.4 Å². The highest BCUT2D eigenvalue weighted by molar-refractivity contribution is 7.80. The normalized spacial score (nSPS) is 12.0. The first-order chi connectivity index (χ1) is 10.8. The van der Waals surface area contributed by atoms with E-state index in [1.807, 2.05) is 0 Å². The molecule has 2 aromatic rings. The Morgan fingerprint density at radius 3 is 2.61 bits per heavy atom. The Bertz CT molecular complexity index is 777. The van der Waals surface area contributed by atoms with Gasteiger partial charge in [0.1, 0.15) is 6.33 Å². The second-order valence-electron chi connectivity index (χ2n) is 4.61. The molecule has 0 amide bonds. The molecule has 0 N–H and O–H groups in total. The van der Waals surface area contributed by atoms with Crippen LogP contribution in [0.15, 0.2) is 40.8 Å². The zero-order valence-corrected chi connectivity index (χ0v) is 13.3. The minimum Gasteiger partial charge on any atom is -0.726 e. The van der Waals surface area contributed by atoms with E-state index in [9.17, 15) is 13.0 Å². The first kappa shape index (κ1) is 17.0. The number of azo groups is 1. The molecule has 0 saturated carbocycles. The number of rotatable bonds is 7. The predicted octanol–water partition coefficient (Wildman–Crippen LogP) is 1.26. The molecule has 2 rings (SSSR count). The van der Waals surface area contributed by atoms with Crippen molar-refractivity contribution in [2.45, 2.75) is 0 Å². The third-order valence-electron chi connectivity index (χ3n) is 2.89. The van der Waals surface area contributed by atoms with E-state index in [4.69, 9.17) is 0 Å². The third-order valence-corrected chi connectivity index (χ3v) is 3.34. The van der Waals surface area contributed by atoms with E-state index in [1.54, 1.807) is 47.8 Å². The number of aromatic nitrogens is 3. The van der Waals surface area contributed by atoms with Gasteiger partial charge in [0.2, 0.25) is 10.4 Å². The van der Waals surface area contributed by atoms with Crippen LogP contribution in [0.2, 0.25) is 0 Å². The Labute approximate surface area is 134 Å². The van der Waals surface area contributed by atoms with Crippen molar-refractivity contribution < 1.29 is 18.6 Å². The summed E-state index contributed by atoms with van der Waals surface area (Å²) in [5, 5.41) is 15.5. The van der Waals surface area contributed by atoms with Crippen LogP contribution in [-0.2, 0) is 21.6 Å². The van der Waals surface area contributed by atoms with Crippen molar-refractivity contribution in [1.82, 2.24) is 14.8 Å². The second kappa shape index (κ2) is 7.26. The number of likely N-dealkylation sites (N-methyl/N-ethyl adjacent to an activating group) is 1. The van der Waals surface area contributed by atoms with Crippen LogP contribution >= 0.6 is 0 Å². The van der Waals surface area contributed by atoms with Crippen LogP contribution in [0.3, 0.4) is 0 Å². The molecule has 0 bridgehead atoms. The molecule has 0 spiro atoms. The van der Waals surface area contributed by atoms with E-state index in [1.165, 1.54) is 6.33 Å². The van der Waals surface area contributed by atoms with Gasteiger partial charge in [-0.3, -0.25) is 4.18 Å². The summed E-state index contributed by atoms with van der Waals surface area (Å²) in [6, 6.07) is 7.07. The van der Waals surface area contributed by atoms with Gasteiger partial charge in [-0.05, 0) is 24.3 Å². The monoisotopic (exact) mass is 340 g/mol. The van der Waals surface area contributed by atoms with E-state index < -0.39 is 10.4 Å². The molecule has 0 aliphatic carbocycles. The molecule has 11 heteroatoms. The summed E-state index contributed by atoms with van der Waals surface area (Å²) in [6.45, 7) is 0.0389. The molecule has 23 heavy (non-hydrogen) atoms. The molecule has 0 saturated heterocycles. The molecule has 1 aromatic heterocycles. The third kappa shape index (κ3) is 5.39. The molecule has 0 fully saturated rings. The van der Waals surface area contributed by atoms with Crippen molar-refractivity contribution in [1.29, 1.82) is 0 Å². The van der Waals surface area contributed by atoms with E-state index >= 15 is 0 Å². The minimum atomic E-state index is -4.66. The molecular weight excluding hydrogens is 324 g/mol. The highest BCUT2D eigenvalue weighted by Gasteiger charge is 2.03. The molecule has 0 unspecified atom stereocenters. The van der Waals surface area contributed by atoms with Gasteiger partial charge in [-0.25, -0.2) is 8.42 Å². The van der Waals surface area contributed by atoms with Crippen LogP contribution in [0.4, 0.5) is 17.3 Å². The minimum absolute atomic E-state index is 0. The first-order valence-corrected chi connectivity index (χ1v) is 7.86. The molecule has 1 heterocycles. The lowest BCUT2D eigenvalue weighted by Crippen LogP contribution is -2.23. The van der Waals surface area contributed by atoms with Crippen LogP contribution in [0.5, 0.6) is 0 Å². The maximum absolute atomic E-state index is 10.4. The lowest BCUT2D eigenvalue weighted by Gasteiger charge is -2.19. The summed E-state index contributed by atoms with van der Waals surface area (Å²) in [5.74, 6) is 0.391. The fourth-order valence-corrected chi connectivity index (χ4v) is 1.93. The fraction of sp³-hybridized carbons (Fsp3) is 0.333. The zero-order chi connectivity index (χ0) is 16.9. The van der Waals surface area contributed by atoms with E-state index in [0.717, 1.165) is 5.69 Å². The van der Waals surface area contributed by atoms with Gasteiger partial charge >= 0.3 is 1.43 Å². The van der Waals surface area contributed by atoms with Crippen molar-refractivity contribution in [3.8, 4) is 0 Å². The number of benzene rings is 1. The summed E-state index contributed by atoms with van der Waals surface area (Å²) in [4.78, 5) is 1.74. The Hall–Kier alpha value is -2.37. The summed E-state index contributed by atoms with van der Waals surface area (Å²) >= 11 is 0. The van der Waals surface area contributed by atoms with Gasteiger partial charge in [0.05, 0.1) is 12.3 Å². The quantitative estimate of drug-likeness (QED) is 0.422. The van der Waals surface area contributed by atoms with Crippen LogP contribution < -0.4 is 4.90 Å². The summed E-state index contributed by atoms with van der Waals surface area (Å²) in [6.07, 6.45) is 1.52. The van der Waals surface area contributed by atoms with Crippen LogP contribution in [0, 0.1) is 0 Å². The molecule has 0 aliphatic rings. The molecular formula is C12H16N6O4S. The number of hydrogen-bond acceptors (Lipinski definition) is 9. The average molecular weight is 340 g/mol. The highest BCUT2D eigenvalue weighted by atomic mass is 32.3. The Morgan fingerprint density at radius 2 is 2.04 bits per heavy atom. The number of hydrogen-bond donors (Lipinski definition) is 0. The van der Waals surface area contributed by atoms with E-state index in [2.05, 4.69) is 24.6 Å². The topological polar surface area (TPSA) is 125 Å². The largest absolute Gasteiger partial charge is 1.00 e. The zero-order valence-electron chi connectivity index (χ0n) is 13.5. The van der Waals surface area contributed by atoms with Gasteiger partial charge in [-0.2, -0.15) is 0 Å². The average Bonchev–Trinajstić information content (AvgIpc) is 2.89. The van der Waals surface area contributed by atoms with Gasteiger partial charge in [0.25, 0.3) is 5.95 Å². The summed E-state index contributed by atoms with van der Waals surface area (Å²) < 4.78 is 36.9. The predicted molar refractivity (Wildman–Crippen MR) is 81.7 cm³/mol. The van der Waals surface area contributed by atoms with Gasteiger partial charge in [-0.1, -0.05) is 0 Å². The van der Waals surface area contributed by atoms with Crippen molar-refractivity contribution in [3.05, 3.63) is 30.6 Å². The van der Waals surface area contributed by atoms with Gasteiger partial charge in [0, 0.05) is 26.3 Å². The maximum Gasteiger partial charge on any atom is 1.00 e. The molecule has 0 atom stereocenters. The first-order valence-electron chi connectivity index (χ1n) is 6.52. The van der Waals surface area contributed by atoms with E-state index in [0.29, 0.717) is 11.6 Å². The number of nitrogens with zero attached hydrogens (tertiary/aromatic N) is 6. The Kier molecular flexibility index (Phi) is 5.36. The van der Waals surface area contributed by atoms with Crippen LogP contribution in [-0.4, -0.2) is 47.9 Å². The summed E-state index contributed by atoms with van der Waals surface area (Å²) in [7, 11) is -1.15.